The van der Waals surface area contributed by atoms with Crippen molar-refractivity contribution in [2.45, 2.75) is 46.5 Å². The molecule has 0 atom stereocenters. The predicted molar refractivity (Wildman–Crippen MR) is 332 cm³/mol. The molecule has 0 unspecified atom stereocenters. The maximum Gasteiger partial charge on any atom is 0.229 e. The fourth-order valence-electron chi connectivity index (χ4n) is 9.42. The number of sulfonamides is 1. The molecule has 0 bridgehead atoms. The van der Waals surface area contributed by atoms with Crippen LogP contribution in [0.2, 0.25) is 20.1 Å². The predicted octanol–water partition coefficient (Wildman–Crippen LogP) is 15.8. The summed E-state index contributed by atoms with van der Waals surface area (Å²) in [5, 5.41) is 5.32. The first kappa shape index (κ1) is 61.6. The van der Waals surface area contributed by atoms with Gasteiger partial charge in [0.2, 0.25) is 19.1 Å². The third-order valence-corrected chi connectivity index (χ3v) is 16.3. The largest absolute Gasteiger partial charge is 0.338 e. The van der Waals surface area contributed by atoms with E-state index >= 15 is 0 Å². The lowest BCUT2D eigenvalue weighted by atomic mass is 9.92. The van der Waals surface area contributed by atoms with E-state index in [4.69, 9.17) is 69.5 Å². The van der Waals surface area contributed by atoms with E-state index in [2.05, 4.69) is 85.6 Å². The molecule has 2 saturated heterocycles. The van der Waals surface area contributed by atoms with Gasteiger partial charge in [-0.25, -0.2) is 40.8 Å². The van der Waals surface area contributed by atoms with Gasteiger partial charge >= 0.3 is 0 Å². The number of H-pyrrole nitrogens is 2. The van der Waals surface area contributed by atoms with E-state index in [9.17, 15) is 16.8 Å². The molecule has 416 valence electrons. The number of rotatable bonds is 10. The number of halogens is 5. The second-order valence-corrected chi connectivity index (χ2v) is 25.5. The highest BCUT2D eigenvalue weighted by Gasteiger charge is 2.26. The van der Waals surface area contributed by atoms with Gasteiger partial charge in [-0.2, -0.15) is 0 Å². The number of nitrogens with one attached hydrogen (secondary N) is 3. The Hall–Kier alpha value is -6.05. The van der Waals surface area contributed by atoms with Crippen LogP contribution in [0.15, 0.2) is 132 Å². The summed E-state index contributed by atoms with van der Waals surface area (Å²) in [6.45, 7) is 27.4. The molecule has 2 aliphatic rings. The maximum absolute atomic E-state index is 12.0. The highest BCUT2D eigenvalue weighted by molar-refractivity contribution is 8.13. The Morgan fingerprint density at radius 2 is 0.938 bits per heavy atom. The van der Waals surface area contributed by atoms with E-state index in [0.29, 0.717) is 68.7 Å². The summed E-state index contributed by atoms with van der Waals surface area (Å²) in [6, 6.07) is 39.0. The van der Waals surface area contributed by atoms with Crippen LogP contribution < -0.4 is 5.32 Å². The first-order chi connectivity index (χ1) is 38.2. The summed E-state index contributed by atoms with van der Waals surface area (Å²) in [7, 11) is -1.93. The van der Waals surface area contributed by atoms with Crippen LogP contribution in [0.25, 0.3) is 65.2 Å². The van der Waals surface area contributed by atoms with E-state index in [1.807, 2.05) is 72.8 Å². The lowest BCUT2D eigenvalue weighted by Gasteiger charge is -2.28. The molecule has 0 aliphatic carbocycles. The van der Waals surface area contributed by atoms with E-state index in [1.165, 1.54) is 35.8 Å². The second-order valence-electron chi connectivity index (χ2n) is 18.9. The Morgan fingerprint density at radius 1 is 0.562 bits per heavy atom. The van der Waals surface area contributed by atoms with Gasteiger partial charge in [-0.15, -0.1) is 0 Å². The zero-order valence-electron chi connectivity index (χ0n) is 44.8. The molecule has 0 saturated carbocycles. The molecule has 20 heteroatoms. The quantitative estimate of drug-likeness (QED) is 0.0904. The van der Waals surface area contributed by atoms with Crippen LogP contribution in [0.1, 0.15) is 69.2 Å². The SMILES string of the molecule is CCN(CC)CC.CS(=O)(=O)Cl.[C-]#[N+]c1cccc(-c2ccc(C(=C3CCN(S(C)(=O)=O)CC3)c3nc4cc(Cl)c(Cl)cc4[nH]3)cc2)c1.[C-]#[N+]c1cccc(-c2ccc(C(=C3CCNCC3)c3nc4cc(Cl)c(Cl)cc4[nH]3)cc2)c1. The Labute approximate surface area is 493 Å². The van der Waals surface area contributed by atoms with Gasteiger partial charge in [0.05, 0.1) is 67.8 Å². The topological polar surface area (TPSA) is 153 Å². The van der Waals surface area contributed by atoms with Crippen molar-refractivity contribution < 1.29 is 16.8 Å². The van der Waals surface area contributed by atoms with Crippen molar-refractivity contribution in [3.8, 4) is 22.3 Å². The zero-order chi connectivity index (χ0) is 57.7. The summed E-state index contributed by atoms with van der Waals surface area (Å²) < 4.78 is 44.4. The van der Waals surface area contributed by atoms with E-state index < -0.39 is 19.1 Å². The van der Waals surface area contributed by atoms with Gasteiger partial charge < -0.3 is 20.2 Å². The van der Waals surface area contributed by atoms with Crippen LogP contribution in [-0.2, 0) is 19.1 Å². The molecular weight excluding hydrogens is 1150 g/mol. The summed E-state index contributed by atoms with van der Waals surface area (Å²) >= 11 is 24.9. The number of fused-ring (bicyclic) bond motifs is 2. The van der Waals surface area contributed by atoms with Gasteiger partial charge in [-0.3, -0.25) is 0 Å². The number of hydrogen-bond donors (Lipinski definition) is 3. The molecule has 13 nitrogen and oxygen atoms in total. The number of nitrogens with zero attached hydrogens (tertiary/aromatic N) is 6. The third-order valence-electron chi connectivity index (χ3n) is 13.5. The van der Waals surface area contributed by atoms with Gasteiger partial charge in [0.25, 0.3) is 0 Å². The zero-order valence-corrected chi connectivity index (χ0v) is 50.3. The highest BCUT2D eigenvalue weighted by atomic mass is 35.7. The van der Waals surface area contributed by atoms with E-state index in [-0.39, 0.29) is 0 Å². The fraction of sp³-hybridized carbons (Fsp3) is 0.267. The molecule has 2 aliphatic heterocycles. The van der Waals surface area contributed by atoms with Crippen molar-refractivity contribution in [1.82, 2.24) is 34.5 Å². The summed E-state index contributed by atoms with van der Waals surface area (Å²) in [4.78, 5) is 26.0. The fourth-order valence-corrected chi connectivity index (χ4v) is 10.9. The third kappa shape index (κ3) is 16.5. The van der Waals surface area contributed by atoms with Gasteiger partial charge in [0.15, 0.2) is 11.4 Å². The van der Waals surface area contributed by atoms with Crippen molar-refractivity contribution in [2.24, 2.45) is 0 Å². The summed E-state index contributed by atoms with van der Waals surface area (Å²) in [5.74, 6) is 1.52. The minimum absolute atomic E-state index is 0.428. The van der Waals surface area contributed by atoms with Crippen molar-refractivity contribution in [3.63, 3.8) is 0 Å². The number of benzene rings is 6. The normalized spacial score (nSPS) is 13.8. The molecule has 8 aromatic rings. The van der Waals surface area contributed by atoms with Crippen LogP contribution >= 0.6 is 57.1 Å². The minimum Gasteiger partial charge on any atom is -0.338 e. The molecule has 3 N–H and O–H groups in total. The number of imidazole rings is 2. The maximum atomic E-state index is 12.0. The average molecular weight is 1210 g/mol. The Balaban J connectivity index is 0.000000193. The lowest BCUT2D eigenvalue weighted by molar-refractivity contribution is 0.321. The van der Waals surface area contributed by atoms with Crippen LogP contribution in [0, 0.1) is 13.1 Å². The molecular formula is C60H60Cl5N9O4S2. The molecule has 0 radical (unpaired) electrons. The number of piperidine rings is 2. The van der Waals surface area contributed by atoms with Gasteiger partial charge in [-0.1, -0.05) is 163 Å². The molecule has 2 fully saturated rings. The number of aromatic nitrogens is 4. The lowest BCUT2D eigenvalue weighted by Crippen LogP contribution is -2.35. The molecule has 0 amide bonds. The van der Waals surface area contributed by atoms with Crippen LogP contribution in [0.3, 0.4) is 0 Å². The molecule has 80 heavy (non-hydrogen) atoms. The molecule has 4 heterocycles. The van der Waals surface area contributed by atoms with Crippen molar-refractivity contribution in [3.05, 3.63) is 198 Å². The van der Waals surface area contributed by atoms with Crippen LogP contribution in [0.4, 0.5) is 11.4 Å². The Bertz CT molecular complexity index is 3770. The number of hydrogen-bond acceptors (Lipinski definition) is 8. The standard InChI is InChI=1S/C27H22Cl2N4O2S.C26H20Cl2N4.C6H15N.CH3ClO2S/c1-30-21-5-3-4-20(14-21)17-6-8-18(9-7-17)26(19-10-12-33(13-11-19)36(2,34)35)27-31-24-15-22(28)23(29)16-25(24)32-27;1-29-20-4-2-3-19(13-20)16-5-7-17(8-6-16)25(18-9-11-30-12-10-18)26-31-23-14-21(27)22(28)15-24(23)32-26;1-4-7(5-2)6-3;1-5(2,3)4/h3-9,14-16H,10-13H2,2H3,(H,31,32);2-8,13-15,30H,9-12H2,(H,31,32);4-6H2,1-3H3;1H3. The van der Waals surface area contributed by atoms with Crippen LogP contribution in [0.5, 0.6) is 0 Å². The minimum atomic E-state index is -3.24. The van der Waals surface area contributed by atoms with Crippen molar-refractivity contribution in [2.75, 3.05) is 58.3 Å². The molecule has 10 rings (SSSR count). The Morgan fingerprint density at radius 3 is 1.29 bits per heavy atom. The monoisotopic (exact) mass is 1210 g/mol. The van der Waals surface area contributed by atoms with Crippen molar-refractivity contribution in [1.29, 1.82) is 0 Å². The van der Waals surface area contributed by atoms with E-state index in [0.717, 1.165) is 105 Å². The van der Waals surface area contributed by atoms with Crippen molar-refractivity contribution >= 4 is 121 Å². The first-order valence-corrected chi connectivity index (χ1v) is 31.9. The first-order valence-electron chi connectivity index (χ1n) is 25.8. The number of aromatic amines is 2. The Kier molecular flexibility index (Phi) is 21.6. The van der Waals surface area contributed by atoms with Gasteiger partial charge in [0.1, 0.15) is 11.6 Å². The average Bonchev–Trinajstić information content (AvgIpc) is 4.16. The van der Waals surface area contributed by atoms with Gasteiger partial charge in [0, 0.05) is 34.9 Å². The second kappa shape index (κ2) is 28.1. The smallest absolute Gasteiger partial charge is 0.229 e. The van der Waals surface area contributed by atoms with Crippen LogP contribution in [-0.4, -0.2) is 104 Å². The molecule has 0 spiro atoms. The summed E-state index contributed by atoms with van der Waals surface area (Å²) in [5.41, 5.74) is 15.2. The molecule has 2 aromatic heterocycles. The highest BCUT2D eigenvalue weighted by Crippen LogP contribution is 2.37. The van der Waals surface area contributed by atoms with Gasteiger partial charge in [-0.05, 0) is 128 Å². The molecule has 6 aromatic carbocycles. The summed E-state index contributed by atoms with van der Waals surface area (Å²) in [6.07, 6.45) is 5.34. The van der Waals surface area contributed by atoms with E-state index in [1.54, 1.807) is 24.3 Å².